The van der Waals surface area contributed by atoms with Gasteiger partial charge in [0.2, 0.25) is 0 Å². The molecule has 0 amide bonds. The van der Waals surface area contributed by atoms with Crippen molar-refractivity contribution in [3.05, 3.63) is 39.9 Å². The molecule has 0 aliphatic carbocycles. The Bertz CT molecular complexity index is 443. The van der Waals surface area contributed by atoms with E-state index in [4.69, 9.17) is 17.3 Å². The van der Waals surface area contributed by atoms with Gasteiger partial charge in [0.25, 0.3) is 5.69 Å². The van der Waals surface area contributed by atoms with Crippen LogP contribution in [-0.4, -0.2) is 11.1 Å². The molecule has 0 spiro atoms. The van der Waals surface area contributed by atoms with Crippen LogP contribution in [-0.2, 0) is 0 Å². The lowest BCUT2D eigenvalue weighted by Gasteiger charge is -1.98. The van der Waals surface area contributed by atoms with E-state index in [0.717, 1.165) is 0 Å². The van der Waals surface area contributed by atoms with Crippen LogP contribution in [0, 0.1) is 10.1 Å². The highest BCUT2D eigenvalue weighted by atomic mass is 35.5. The van der Waals surface area contributed by atoms with E-state index < -0.39 is 4.92 Å². The molecule has 1 aromatic carbocycles. The van der Waals surface area contributed by atoms with Gasteiger partial charge >= 0.3 is 0 Å². The largest absolute Gasteiger partial charge is 0.397 e. The summed E-state index contributed by atoms with van der Waals surface area (Å²) in [5.74, 6) is 0. The number of halogens is 1. The van der Waals surface area contributed by atoms with Gasteiger partial charge in [-0.15, -0.1) is 0 Å². The number of benzene rings is 1. The Balaban J connectivity index is 3.03. The van der Waals surface area contributed by atoms with E-state index in [0.29, 0.717) is 5.69 Å². The summed E-state index contributed by atoms with van der Waals surface area (Å²) in [5, 5.41) is 10.7. The van der Waals surface area contributed by atoms with Crippen LogP contribution < -0.4 is 5.73 Å². The topological polar surface area (TPSA) is 81.5 Å². The zero-order valence-corrected chi connectivity index (χ0v) is 8.44. The van der Waals surface area contributed by atoms with Gasteiger partial charge in [0, 0.05) is 18.3 Å². The van der Waals surface area contributed by atoms with Gasteiger partial charge in [-0.1, -0.05) is 18.2 Å². The maximum absolute atomic E-state index is 10.4. The maximum Gasteiger partial charge on any atom is 0.271 e. The van der Waals surface area contributed by atoms with Crippen LogP contribution in [0.4, 0.5) is 17.1 Å². The number of nitro benzene ring substituents is 1. The lowest BCUT2D eigenvalue weighted by molar-refractivity contribution is -0.384. The van der Waals surface area contributed by atoms with Gasteiger partial charge in [0.15, 0.2) is 0 Å². The van der Waals surface area contributed by atoms with Crippen molar-refractivity contribution in [1.82, 2.24) is 0 Å². The summed E-state index contributed by atoms with van der Waals surface area (Å²) in [5.41, 5.74) is 6.12. The van der Waals surface area contributed by atoms with Crippen molar-refractivity contribution in [2.24, 2.45) is 4.99 Å². The number of hydrogen-bond donors (Lipinski definition) is 1. The number of allylic oxidation sites excluding steroid dienone is 1. The van der Waals surface area contributed by atoms with Gasteiger partial charge in [0.1, 0.15) is 0 Å². The first-order valence-corrected chi connectivity index (χ1v) is 4.31. The Hall–Kier alpha value is -1.88. The second-order valence-electron chi connectivity index (χ2n) is 2.71. The highest BCUT2D eigenvalue weighted by Crippen LogP contribution is 2.26. The lowest BCUT2D eigenvalue weighted by Crippen LogP contribution is -1.91. The normalized spacial score (nSPS) is 10.5. The minimum Gasteiger partial charge on any atom is -0.397 e. The number of nitrogens with zero attached hydrogens (tertiary/aromatic N) is 2. The molecule has 2 N–H and O–H groups in total. The molecule has 0 aliphatic heterocycles. The van der Waals surface area contributed by atoms with Gasteiger partial charge in [0.05, 0.1) is 21.3 Å². The standard InChI is InChI=1S/C9H8ClN3O2/c1-6(10)5-12-9-3-2-7(13(14)15)4-8(9)11/h2-5H,1,11H2/b12-5-. The monoisotopic (exact) mass is 225 g/mol. The minimum absolute atomic E-state index is 0.0730. The molecule has 6 heteroatoms. The van der Waals surface area contributed by atoms with Gasteiger partial charge in [-0.2, -0.15) is 0 Å². The molecule has 0 saturated carbocycles. The van der Waals surface area contributed by atoms with Crippen LogP contribution in [0.5, 0.6) is 0 Å². The summed E-state index contributed by atoms with van der Waals surface area (Å²) >= 11 is 5.47. The third kappa shape index (κ3) is 3.07. The Kier molecular flexibility index (Phi) is 3.41. The maximum atomic E-state index is 10.4. The Morgan fingerprint density at radius 2 is 2.33 bits per heavy atom. The SMILES string of the molecule is C=C(Cl)/C=N\c1ccc([N+](=O)[O-])cc1N. The van der Waals surface area contributed by atoms with Crippen molar-refractivity contribution in [2.45, 2.75) is 0 Å². The molecule has 0 bridgehead atoms. The first-order chi connectivity index (χ1) is 7.00. The molecule has 0 radical (unpaired) electrons. The number of aliphatic imine (C=N–C) groups is 1. The van der Waals surface area contributed by atoms with Crippen molar-refractivity contribution >= 4 is 34.9 Å². The van der Waals surface area contributed by atoms with E-state index in [1.807, 2.05) is 0 Å². The summed E-state index contributed by atoms with van der Waals surface area (Å²) in [6, 6.07) is 4.01. The second-order valence-corrected chi connectivity index (χ2v) is 3.19. The van der Waals surface area contributed by atoms with Crippen molar-refractivity contribution in [2.75, 3.05) is 5.73 Å². The number of nitrogen functional groups attached to an aromatic ring is 1. The van der Waals surface area contributed by atoms with Gasteiger partial charge < -0.3 is 5.73 Å². The Morgan fingerprint density at radius 3 is 2.80 bits per heavy atom. The molecule has 0 saturated heterocycles. The van der Waals surface area contributed by atoms with Crippen molar-refractivity contribution in [1.29, 1.82) is 0 Å². The quantitative estimate of drug-likeness (QED) is 0.372. The van der Waals surface area contributed by atoms with E-state index in [1.165, 1.54) is 24.4 Å². The van der Waals surface area contributed by atoms with Crippen LogP contribution in [0.25, 0.3) is 0 Å². The summed E-state index contributed by atoms with van der Waals surface area (Å²) in [4.78, 5) is 13.8. The zero-order chi connectivity index (χ0) is 11.4. The molecule has 0 unspecified atom stereocenters. The van der Waals surface area contributed by atoms with E-state index >= 15 is 0 Å². The summed E-state index contributed by atoms with van der Waals surface area (Å²) in [7, 11) is 0. The average Bonchev–Trinajstić information content (AvgIpc) is 2.15. The van der Waals surface area contributed by atoms with Crippen molar-refractivity contribution in [3.8, 4) is 0 Å². The van der Waals surface area contributed by atoms with Crippen LogP contribution in [0.2, 0.25) is 0 Å². The Labute approximate surface area is 91.0 Å². The molecular formula is C9H8ClN3O2. The van der Waals surface area contributed by atoms with Gasteiger partial charge in [-0.3, -0.25) is 15.1 Å². The van der Waals surface area contributed by atoms with Gasteiger partial charge in [-0.25, -0.2) is 0 Å². The number of hydrogen-bond acceptors (Lipinski definition) is 4. The van der Waals surface area contributed by atoms with Crippen molar-refractivity contribution in [3.63, 3.8) is 0 Å². The lowest BCUT2D eigenvalue weighted by atomic mass is 10.2. The summed E-state index contributed by atoms with van der Waals surface area (Å²) in [6.07, 6.45) is 1.32. The molecular weight excluding hydrogens is 218 g/mol. The molecule has 1 aromatic rings. The molecule has 0 fully saturated rings. The van der Waals surface area contributed by atoms with Crippen LogP contribution in [0.15, 0.2) is 34.8 Å². The molecule has 5 nitrogen and oxygen atoms in total. The number of non-ortho nitro benzene ring substituents is 1. The smallest absolute Gasteiger partial charge is 0.271 e. The highest BCUT2D eigenvalue weighted by molar-refractivity contribution is 6.39. The van der Waals surface area contributed by atoms with Crippen LogP contribution in [0.1, 0.15) is 0 Å². The number of nitro groups is 1. The first kappa shape index (κ1) is 11.2. The second kappa shape index (κ2) is 4.56. The fourth-order valence-electron chi connectivity index (χ4n) is 0.913. The molecule has 15 heavy (non-hydrogen) atoms. The molecule has 0 heterocycles. The van der Waals surface area contributed by atoms with E-state index in [-0.39, 0.29) is 16.4 Å². The van der Waals surface area contributed by atoms with Crippen LogP contribution in [0.3, 0.4) is 0 Å². The van der Waals surface area contributed by atoms with Crippen LogP contribution >= 0.6 is 11.6 Å². The molecule has 1 rings (SSSR count). The molecule has 0 atom stereocenters. The first-order valence-electron chi connectivity index (χ1n) is 3.93. The third-order valence-corrected chi connectivity index (χ3v) is 1.66. The number of anilines is 1. The van der Waals surface area contributed by atoms with Crippen molar-refractivity contribution < 1.29 is 4.92 Å². The fraction of sp³-hybridized carbons (Fsp3) is 0. The third-order valence-electron chi connectivity index (χ3n) is 1.57. The molecule has 0 aliphatic rings. The average molecular weight is 226 g/mol. The molecule has 0 aromatic heterocycles. The number of nitrogens with two attached hydrogens (primary N) is 1. The summed E-state index contributed by atoms with van der Waals surface area (Å²) < 4.78 is 0. The summed E-state index contributed by atoms with van der Waals surface area (Å²) in [6.45, 7) is 3.41. The zero-order valence-electron chi connectivity index (χ0n) is 7.68. The predicted molar refractivity (Wildman–Crippen MR) is 60.7 cm³/mol. The van der Waals surface area contributed by atoms with E-state index in [1.54, 1.807) is 0 Å². The predicted octanol–water partition coefficient (Wildman–Crippen LogP) is 2.63. The van der Waals surface area contributed by atoms with Gasteiger partial charge in [-0.05, 0) is 6.07 Å². The Morgan fingerprint density at radius 1 is 1.67 bits per heavy atom. The van der Waals surface area contributed by atoms with E-state index in [9.17, 15) is 10.1 Å². The fourth-order valence-corrected chi connectivity index (χ4v) is 0.961. The highest BCUT2D eigenvalue weighted by Gasteiger charge is 2.07. The minimum atomic E-state index is -0.523. The number of rotatable bonds is 3. The van der Waals surface area contributed by atoms with E-state index in [2.05, 4.69) is 11.6 Å². The molecule has 78 valence electrons.